The van der Waals surface area contributed by atoms with E-state index in [0.717, 1.165) is 55.2 Å². The Morgan fingerprint density at radius 1 is 0.975 bits per heavy atom. The third kappa shape index (κ3) is 6.39. The summed E-state index contributed by atoms with van der Waals surface area (Å²) in [6.45, 7) is 7.67. The Kier molecular flexibility index (Phi) is 8.85. The number of halogens is 1. The van der Waals surface area contributed by atoms with Gasteiger partial charge in [0.15, 0.2) is 0 Å². The van der Waals surface area contributed by atoms with Crippen LogP contribution in [0.3, 0.4) is 0 Å². The highest BCUT2D eigenvalue weighted by Crippen LogP contribution is 2.38. The van der Waals surface area contributed by atoms with Crippen molar-refractivity contribution in [1.29, 1.82) is 0 Å². The lowest BCUT2D eigenvalue weighted by atomic mass is 10.00. The molecule has 0 aromatic heterocycles. The molecular formula is C32H36ClN5O2. The zero-order chi connectivity index (χ0) is 28.1. The molecule has 0 aliphatic carbocycles. The molecule has 0 unspecified atom stereocenters. The van der Waals surface area contributed by atoms with Gasteiger partial charge in [0.25, 0.3) is 5.91 Å². The monoisotopic (exact) mass is 557 g/mol. The van der Waals surface area contributed by atoms with Crippen molar-refractivity contribution < 1.29 is 9.59 Å². The van der Waals surface area contributed by atoms with Crippen LogP contribution in [-0.2, 0) is 9.59 Å². The smallest absolute Gasteiger partial charge is 0.258 e. The summed E-state index contributed by atoms with van der Waals surface area (Å²) in [5, 5.41) is 6.97. The second kappa shape index (κ2) is 12.7. The number of anilines is 3. The number of rotatable bonds is 9. The van der Waals surface area contributed by atoms with Gasteiger partial charge in [0.1, 0.15) is 0 Å². The molecule has 3 aromatic carbocycles. The molecule has 1 fully saturated rings. The number of carbonyl (C=O) groups is 2. The van der Waals surface area contributed by atoms with Crippen LogP contribution < -0.4 is 15.5 Å². The highest BCUT2D eigenvalue weighted by Gasteiger charge is 2.28. The molecule has 5 rings (SSSR count). The lowest BCUT2D eigenvalue weighted by Gasteiger charge is -2.35. The Morgan fingerprint density at radius 2 is 1.68 bits per heavy atom. The maximum absolute atomic E-state index is 13.1. The van der Waals surface area contributed by atoms with E-state index in [0.29, 0.717) is 28.5 Å². The summed E-state index contributed by atoms with van der Waals surface area (Å²) in [5.41, 5.74) is 5.29. The van der Waals surface area contributed by atoms with Crippen LogP contribution in [0.15, 0.2) is 72.8 Å². The van der Waals surface area contributed by atoms with Crippen LogP contribution in [0.2, 0.25) is 5.02 Å². The molecule has 0 saturated carbocycles. The van der Waals surface area contributed by atoms with E-state index in [-0.39, 0.29) is 11.8 Å². The highest BCUT2D eigenvalue weighted by molar-refractivity contribution is 6.38. The van der Waals surface area contributed by atoms with Crippen molar-refractivity contribution in [2.45, 2.75) is 19.8 Å². The maximum atomic E-state index is 13.1. The average Bonchev–Trinajstić information content (AvgIpc) is 3.30. The first-order chi connectivity index (χ1) is 19.4. The van der Waals surface area contributed by atoms with Crippen LogP contribution in [0.5, 0.6) is 0 Å². The third-order valence-corrected chi connectivity index (χ3v) is 7.82. The number of amides is 2. The van der Waals surface area contributed by atoms with Gasteiger partial charge in [-0.15, -0.1) is 0 Å². The van der Waals surface area contributed by atoms with Crippen LogP contribution in [0.4, 0.5) is 17.1 Å². The van der Waals surface area contributed by atoms with E-state index in [1.807, 2.05) is 67.7 Å². The Hall–Kier alpha value is -3.65. The first-order valence-corrected chi connectivity index (χ1v) is 14.3. The lowest BCUT2D eigenvalue weighted by Crippen LogP contribution is -2.49. The zero-order valence-electron chi connectivity index (χ0n) is 23.1. The molecule has 2 aliphatic rings. The predicted molar refractivity (Wildman–Crippen MR) is 165 cm³/mol. The van der Waals surface area contributed by atoms with Crippen LogP contribution in [0.1, 0.15) is 30.9 Å². The molecule has 8 heteroatoms. The molecule has 2 N–H and O–H groups in total. The standard InChI is InChI=1S/C32H36ClN5O2/c1-3-4-16-37-17-19-38(20-18-37)22-29(39)36(2)26-13-11-25(12-14-26)34-31(23-8-6-5-7-9-23)30-27-15-10-24(33)21-28(27)35-32(30)40/h5-15,21,34H,3-4,16-20,22H2,1-2H3,(H,35,40)/b31-30-. The number of fused-ring (bicyclic) bond motifs is 1. The lowest BCUT2D eigenvalue weighted by molar-refractivity contribution is -0.119. The van der Waals surface area contributed by atoms with Gasteiger partial charge in [0.2, 0.25) is 5.91 Å². The SMILES string of the molecule is CCCCN1CCN(CC(=O)N(C)c2ccc(N/C(=C3\C(=O)Nc4cc(Cl)ccc43)c3ccccc3)cc2)CC1. The number of carbonyl (C=O) groups excluding carboxylic acids is 2. The fourth-order valence-corrected chi connectivity index (χ4v) is 5.36. The Bertz CT molecular complexity index is 1380. The quantitative estimate of drug-likeness (QED) is 0.333. The topological polar surface area (TPSA) is 67.9 Å². The normalized spacial score (nSPS) is 16.8. The second-order valence-corrected chi connectivity index (χ2v) is 10.8. The maximum Gasteiger partial charge on any atom is 0.258 e. The Labute approximate surface area is 241 Å². The van der Waals surface area contributed by atoms with Crippen molar-refractivity contribution >= 4 is 51.7 Å². The largest absolute Gasteiger partial charge is 0.354 e. The molecule has 208 valence electrons. The van der Waals surface area contributed by atoms with Gasteiger partial charge in [-0.25, -0.2) is 0 Å². The van der Waals surface area contributed by atoms with Crippen molar-refractivity contribution in [3.63, 3.8) is 0 Å². The summed E-state index contributed by atoms with van der Waals surface area (Å²) < 4.78 is 0. The van der Waals surface area contributed by atoms with Gasteiger partial charge in [-0.3, -0.25) is 14.5 Å². The summed E-state index contributed by atoms with van der Waals surface area (Å²) in [6, 6.07) is 22.9. The molecule has 0 radical (unpaired) electrons. The predicted octanol–water partition coefficient (Wildman–Crippen LogP) is 5.65. The number of piperazine rings is 1. The zero-order valence-corrected chi connectivity index (χ0v) is 23.9. The number of likely N-dealkylation sites (N-methyl/N-ethyl adjacent to an activating group) is 1. The summed E-state index contributed by atoms with van der Waals surface area (Å²) in [4.78, 5) is 32.6. The fourth-order valence-electron chi connectivity index (χ4n) is 5.18. The molecule has 2 heterocycles. The van der Waals surface area contributed by atoms with Gasteiger partial charge in [-0.2, -0.15) is 0 Å². The molecule has 0 spiro atoms. The molecular weight excluding hydrogens is 522 g/mol. The minimum atomic E-state index is -0.184. The summed E-state index contributed by atoms with van der Waals surface area (Å²) >= 11 is 6.17. The van der Waals surface area contributed by atoms with Crippen molar-refractivity contribution in [1.82, 2.24) is 9.80 Å². The van der Waals surface area contributed by atoms with E-state index in [1.54, 1.807) is 17.0 Å². The van der Waals surface area contributed by atoms with Crippen LogP contribution in [-0.4, -0.2) is 67.9 Å². The minimum absolute atomic E-state index is 0.0766. The van der Waals surface area contributed by atoms with Gasteiger partial charge in [0, 0.05) is 55.2 Å². The number of benzene rings is 3. The molecule has 2 aliphatic heterocycles. The van der Waals surface area contributed by atoms with Crippen LogP contribution in [0.25, 0.3) is 11.3 Å². The van der Waals surface area contributed by atoms with Crippen LogP contribution in [0, 0.1) is 0 Å². The van der Waals surface area contributed by atoms with Gasteiger partial charge >= 0.3 is 0 Å². The first-order valence-electron chi connectivity index (χ1n) is 13.9. The molecule has 1 saturated heterocycles. The van der Waals surface area contributed by atoms with E-state index in [9.17, 15) is 9.59 Å². The van der Waals surface area contributed by atoms with Gasteiger partial charge in [-0.05, 0) is 54.9 Å². The number of unbranched alkanes of at least 4 members (excludes halogenated alkanes) is 1. The summed E-state index contributed by atoms with van der Waals surface area (Å²) in [6.07, 6.45) is 2.44. The Balaban J connectivity index is 1.30. The van der Waals surface area contributed by atoms with Gasteiger partial charge < -0.3 is 20.4 Å². The van der Waals surface area contributed by atoms with Gasteiger partial charge in [-0.1, -0.05) is 61.3 Å². The molecule has 7 nitrogen and oxygen atoms in total. The third-order valence-electron chi connectivity index (χ3n) is 7.59. The van der Waals surface area contributed by atoms with Crippen molar-refractivity contribution in [2.24, 2.45) is 0 Å². The Morgan fingerprint density at radius 3 is 2.38 bits per heavy atom. The number of hydrogen-bond acceptors (Lipinski definition) is 5. The van der Waals surface area contributed by atoms with E-state index in [1.165, 1.54) is 12.8 Å². The number of nitrogens with one attached hydrogen (secondary N) is 2. The average molecular weight is 558 g/mol. The van der Waals surface area contributed by atoms with Crippen molar-refractivity contribution in [3.05, 3.63) is 88.9 Å². The summed E-state index contributed by atoms with van der Waals surface area (Å²) in [5.74, 6) is -0.107. The highest BCUT2D eigenvalue weighted by atomic mass is 35.5. The van der Waals surface area contributed by atoms with Gasteiger partial charge in [0.05, 0.1) is 23.5 Å². The molecule has 3 aromatic rings. The summed E-state index contributed by atoms with van der Waals surface area (Å²) in [7, 11) is 1.82. The molecule has 0 atom stereocenters. The molecule has 2 amide bonds. The van der Waals surface area contributed by atoms with Crippen molar-refractivity contribution in [3.8, 4) is 0 Å². The molecule has 0 bridgehead atoms. The minimum Gasteiger partial charge on any atom is -0.354 e. The first kappa shape index (κ1) is 27.9. The number of nitrogens with zero attached hydrogens (tertiary/aromatic N) is 3. The second-order valence-electron chi connectivity index (χ2n) is 10.4. The molecule has 40 heavy (non-hydrogen) atoms. The number of hydrogen-bond donors (Lipinski definition) is 2. The van der Waals surface area contributed by atoms with E-state index < -0.39 is 0 Å². The van der Waals surface area contributed by atoms with Crippen LogP contribution >= 0.6 is 11.6 Å². The van der Waals surface area contributed by atoms with E-state index >= 15 is 0 Å². The van der Waals surface area contributed by atoms with E-state index in [4.69, 9.17) is 11.6 Å². The fraction of sp³-hybridized carbons (Fsp3) is 0.312. The van der Waals surface area contributed by atoms with Crippen molar-refractivity contribution in [2.75, 3.05) is 61.8 Å². The van der Waals surface area contributed by atoms with E-state index in [2.05, 4.69) is 27.4 Å².